The first-order chi connectivity index (χ1) is 6.60. The molecule has 78 valence electrons. The van der Waals surface area contributed by atoms with Gasteiger partial charge in [0.05, 0.1) is 5.69 Å². The fraction of sp³-hybridized carbons (Fsp3) is 0.583. The summed E-state index contributed by atoms with van der Waals surface area (Å²) in [6.45, 7) is 10.4. The van der Waals surface area contributed by atoms with Crippen LogP contribution in [0.2, 0.25) is 0 Å². The molecule has 0 fully saturated rings. The topological polar surface area (TPSA) is 28.7 Å². The molecule has 1 heterocycles. The number of nitrogens with zero attached hydrogens (tertiary/aromatic N) is 1. The number of rotatable bonds is 5. The van der Waals surface area contributed by atoms with Gasteiger partial charge in [-0.2, -0.15) is 0 Å². The van der Waals surface area contributed by atoms with Crippen LogP contribution in [0.4, 0.5) is 0 Å². The molecule has 0 aromatic carbocycles. The fourth-order valence-electron chi connectivity index (χ4n) is 1.53. The van der Waals surface area contributed by atoms with Gasteiger partial charge in [0.2, 0.25) is 0 Å². The molecule has 0 aliphatic rings. The Morgan fingerprint density at radius 3 is 2.79 bits per heavy atom. The van der Waals surface area contributed by atoms with Crippen molar-refractivity contribution in [2.24, 2.45) is 0 Å². The van der Waals surface area contributed by atoms with Crippen molar-refractivity contribution < 1.29 is 0 Å². The highest BCUT2D eigenvalue weighted by atomic mass is 14.9. The number of imidazole rings is 1. The molecule has 1 N–H and O–H groups in total. The number of unbranched alkanes of at least 4 members (excludes halogenated alkanes) is 1. The zero-order valence-corrected chi connectivity index (χ0v) is 9.43. The maximum atomic E-state index is 4.48. The zero-order chi connectivity index (χ0) is 10.6. The van der Waals surface area contributed by atoms with Crippen LogP contribution >= 0.6 is 0 Å². The van der Waals surface area contributed by atoms with Crippen molar-refractivity contribution in [3.8, 4) is 0 Å². The molecule has 0 aliphatic carbocycles. The lowest BCUT2D eigenvalue weighted by atomic mass is 9.84. The van der Waals surface area contributed by atoms with Gasteiger partial charge in [0.15, 0.2) is 0 Å². The third kappa shape index (κ3) is 2.47. The van der Waals surface area contributed by atoms with E-state index in [0.29, 0.717) is 0 Å². The highest BCUT2D eigenvalue weighted by Gasteiger charge is 2.22. The molecule has 0 aliphatic heterocycles. The van der Waals surface area contributed by atoms with Gasteiger partial charge in [0, 0.05) is 11.6 Å². The van der Waals surface area contributed by atoms with Crippen LogP contribution in [0.3, 0.4) is 0 Å². The summed E-state index contributed by atoms with van der Waals surface area (Å²) in [5.74, 6) is 0.865. The zero-order valence-electron chi connectivity index (χ0n) is 9.43. The first-order valence-electron chi connectivity index (χ1n) is 5.28. The van der Waals surface area contributed by atoms with E-state index >= 15 is 0 Å². The summed E-state index contributed by atoms with van der Waals surface area (Å²) >= 11 is 0. The average Bonchev–Trinajstić information content (AvgIpc) is 2.63. The van der Waals surface area contributed by atoms with Crippen molar-refractivity contribution in [1.82, 2.24) is 9.97 Å². The minimum Gasteiger partial charge on any atom is -0.345 e. The van der Waals surface area contributed by atoms with Crippen molar-refractivity contribution in [2.45, 2.75) is 45.4 Å². The molecule has 1 aromatic heterocycles. The molecular formula is C12H20N2. The lowest BCUT2D eigenvalue weighted by Crippen LogP contribution is -2.17. The number of hydrogen-bond acceptors (Lipinski definition) is 1. The molecule has 0 atom stereocenters. The quantitative estimate of drug-likeness (QED) is 0.759. The predicted octanol–water partition coefficient (Wildman–Crippen LogP) is 3.52. The lowest BCUT2D eigenvalue weighted by Gasteiger charge is -2.21. The van der Waals surface area contributed by atoms with Crippen LogP contribution in [0.5, 0.6) is 0 Å². The third-order valence-corrected chi connectivity index (χ3v) is 2.64. The second-order valence-corrected chi connectivity index (χ2v) is 4.36. The van der Waals surface area contributed by atoms with Crippen molar-refractivity contribution in [3.05, 3.63) is 24.3 Å². The molecule has 0 amide bonds. The molecule has 0 saturated carbocycles. The van der Waals surface area contributed by atoms with E-state index in [1.807, 2.05) is 6.20 Å². The molecule has 0 radical (unpaired) electrons. The molecule has 14 heavy (non-hydrogen) atoms. The van der Waals surface area contributed by atoms with E-state index in [-0.39, 0.29) is 5.41 Å². The maximum absolute atomic E-state index is 4.48. The summed E-state index contributed by atoms with van der Waals surface area (Å²) < 4.78 is 0. The van der Waals surface area contributed by atoms with Crippen LogP contribution < -0.4 is 0 Å². The van der Waals surface area contributed by atoms with Gasteiger partial charge in [0.1, 0.15) is 5.82 Å². The van der Waals surface area contributed by atoms with Gasteiger partial charge < -0.3 is 4.98 Å². The van der Waals surface area contributed by atoms with Gasteiger partial charge in [-0.05, 0) is 12.5 Å². The third-order valence-electron chi connectivity index (χ3n) is 2.64. The minimum atomic E-state index is 0.174. The molecule has 2 nitrogen and oxygen atoms in total. The van der Waals surface area contributed by atoms with Gasteiger partial charge in [-0.25, -0.2) is 4.98 Å². The SMILES string of the molecule is C=Cc1nc(C(C)(C)CCCC)c[nH]1. The summed E-state index contributed by atoms with van der Waals surface area (Å²) in [5, 5.41) is 0. The summed E-state index contributed by atoms with van der Waals surface area (Å²) in [6.07, 6.45) is 7.42. The normalized spacial score (nSPS) is 11.6. The highest BCUT2D eigenvalue weighted by molar-refractivity contribution is 5.37. The smallest absolute Gasteiger partial charge is 0.129 e. The first-order valence-corrected chi connectivity index (χ1v) is 5.28. The molecule has 0 unspecified atom stereocenters. The van der Waals surface area contributed by atoms with Gasteiger partial charge >= 0.3 is 0 Å². The molecular weight excluding hydrogens is 172 g/mol. The first kappa shape index (κ1) is 11.0. The molecule has 1 rings (SSSR count). The molecule has 0 bridgehead atoms. The summed E-state index contributed by atoms with van der Waals surface area (Å²) in [7, 11) is 0. The van der Waals surface area contributed by atoms with Crippen LogP contribution in [-0.4, -0.2) is 9.97 Å². The van der Waals surface area contributed by atoms with Crippen LogP contribution in [0.15, 0.2) is 12.8 Å². The summed E-state index contributed by atoms with van der Waals surface area (Å²) in [5.41, 5.74) is 1.31. The molecule has 0 spiro atoms. The number of hydrogen-bond donors (Lipinski definition) is 1. The second-order valence-electron chi connectivity index (χ2n) is 4.36. The van der Waals surface area contributed by atoms with Gasteiger partial charge in [-0.3, -0.25) is 0 Å². The van der Waals surface area contributed by atoms with E-state index in [2.05, 4.69) is 37.3 Å². The van der Waals surface area contributed by atoms with E-state index < -0.39 is 0 Å². The van der Waals surface area contributed by atoms with E-state index in [1.54, 1.807) is 6.08 Å². The Balaban J connectivity index is 2.75. The monoisotopic (exact) mass is 192 g/mol. The van der Waals surface area contributed by atoms with Crippen molar-refractivity contribution >= 4 is 6.08 Å². The van der Waals surface area contributed by atoms with E-state index in [9.17, 15) is 0 Å². The van der Waals surface area contributed by atoms with Crippen molar-refractivity contribution in [1.29, 1.82) is 0 Å². The van der Waals surface area contributed by atoms with Crippen LogP contribution in [0.25, 0.3) is 6.08 Å². The molecule has 1 aromatic rings. The molecule has 0 saturated heterocycles. The van der Waals surface area contributed by atoms with Crippen molar-refractivity contribution in [3.63, 3.8) is 0 Å². The van der Waals surface area contributed by atoms with E-state index in [0.717, 1.165) is 11.5 Å². The summed E-state index contributed by atoms with van der Waals surface area (Å²) in [4.78, 5) is 7.59. The number of H-pyrrole nitrogens is 1. The average molecular weight is 192 g/mol. The lowest BCUT2D eigenvalue weighted by molar-refractivity contribution is 0.447. The summed E-state index contributed by atoms with van der Waals surface area (Å²) in [6, 6.07) is 0. The van der Waals surface area contributed by atoms with Crippen LogP contribution in [0, 0.1) is 0 Å². The van der Waals surface area contributed by atoms with Crippen molar-refractivity contribution in [2.75, 3.05) is 0 Å². The Bertz CT molecular complexity index is 297. The van der Waals surface area contributed by atoms with E-state index in [1.165, 1.54) is 19.3 Å². The standard InChI is InChI=1S/C12H20N2/c1-5-7-8-12(3,4)10-9-13-11(6-2)14-10/h6,9H,2,5,7-8H2,1,3-4H3,(H,13,14). The van der Waals surface area contributed by atoms with Crippen LogP contribution in [0.1, 0.15) is 51.6 Å². The van der Waals surface area contributed by atoms with Gasteiger partial charge in [-0.15, -0.1) is 0 Å². The molecule has 2 heteroatoms. The predicted molar refractivity (Wildman–Crippen MR) is 61.2 cm³/mol. The minimum absolute atomic E-state index is 0.174. The van der Waals surface area contributed by atoms with E-state index in [4.69, 9.17) is 0 Å². The number of aromatic amines is 1. The number of nitrogens with one attached hydrogen (secondary N) is 1. The Hall–Kier alpha value is -1.05. The maximum Gasteiger partial charge on any atom is 0.129 e. The Kier molecular flexibility index (Phi) is 3.50. The highest BCUT2D eigenvalue weighted by Crippen LogP contribution is 2.27. The van der Waals surface area contributed by atoms with Gasteiger partial charge in [0.25, 0.3) is 0 Å². The largest absolute Gasteiger partial charge is 0.345 e. The second kappa shape index (κ2) is 4.45. The Morgan fingerprint density at radius 2 is 2.29 bits per heavy atom. The Morgan fingerprint density at radius 1 is 1.57 bits per heavy atom. The number of aromatic nitrogens is 2. The fourth-order valence-corrected chi connectivity index (χ4v) is 1.53. The van der Waals surface area contributed by atoms with Crippen LogP contribution in [-0.2, 0) is 5.41 Å². The Labute approximate surface area is 86.5 Å². The van der Waals surface area contributed by atoms with Gasteiger partial charge in [-0.1, -0.05) is 40.2 Å².